The molecule has 12 nitrogen and oxygen atoms in total. The molecule has 1 saturated heterocycles. The Morgan fingerprint density at radius 1 is 1.22 bits per heavy atom. The van der Waals surface area contributed by atoms with E-state index < -0.39 is 46.5 Å². The molecule has 0 saturated carbocycles. The van der Waals surface area contributed by atoms with Crippen LogP contribution in [-0.4, -0.2) is 77.7 Å². The Bertz CT molecular complexity index is 1600. The highest BCUT2D eigenvalue weighted by atomic mass is 35.5. The van der Waals surface area contributed by atoms with E-state index >= 15 is 0 Å². The third kappa shape index (κ3) is 7.45. The number of nitrogens with zero attached hydrogens (tertiary/aromatic N) is 4. The first kappa shape index (κ1) is 30.5. The molecule has 3 aromatic rings. The number of nitrogens with one attached hydrogen (secondary N) is 2. The van der Waals surface area contributed by atoms with Gasteiger partial charge in [0.1, 0.15) is 5.69 Å². The maximum Gasteiger partial charge on any atom is 0.422 e. The largest absolute Gasteiger partial charge is 0.467 e. The molecule has 2 amide bonds. The maximum absolute atomic E-state index is 13.5. The Morgan fingerprint density at radius 2 is 1.95 bits per heavy atom. The number of hydrogen-bond acceptors (Lipinski definition) is 8. The van der Waals surface area contributed by atoms with Gasteiger partial charge in [-0.2, -0.15) is 13.2 Å². The Hall–Kier alpha value is -3.44. The topological polar surface area (TPSA) is 145 Å². The molecule has 3 heterocycles. The van der Waals surface area contributed by atoms with Crippen molar-refractivity contribution in [3.8, 4) is 11.7 Å². The molecule has 1 aliphatic rings. The lowest BCUT2D eigenvalue weighted by molar-refractivity contribution is -0.154. The van der Waals surface area contributed by atoms with Crippen LogP contribution in [0.5, 0.6) is 5.88 Å². The lowest BCUT2D eigenvalue weighted by atomic mass is 10.1. The van der Waals surface area contributed by atoms with E-state index in [0.717, 1.165) is 21.5 Å². The van der Waals surface area contributed by atoms with Crippen molar-refractivity contribution >= 4 is 50.7 Å². The summed E-state index contributed by atoms with van der Waals surface area (Å²) >= 11 is 12.4. The van der Waals surface area contributed by atoms with Crippen molar-refractivity contribution in [2.24, 2.45) is 0 Å². The number of hydroxylamine groups is 1. The molecule has 41 heavy (non-hydrogen) atoms. The first-order chi connectivity index (χ1) is 19.1. The van der Waals surface area contributed by atoms with E-state index in [2.05, 4.69) is 20.7 Å². The summed E-state index contributed by atoms with van der Waals surface area (Å²) in [5, 5.41) is 9.32. The molecule has 4 rings (SSSR count). The number of ether oxygens (including phenoxy) is 1. The predicted molar refractivity (Wildman–Crippen MR) is 141 cm³/mol. The fourth-order valence-electron chi connectivity index (χ4n) is 3.75. The zero-order chi connectivity index (χ0) is 30.1. The number of aryl methyl sites for hydroxylation is 1. The zero-order valence-electron chi connectivity index (χ0n) is 21.2. The van der Waals surface area contributed by atoms with E-state index in [4.69, 9.17) is 32.8 Å². The van der Waals surface area contributed by atoms with E-state index in [1.807, 2.05) is 0 Å². The van der Waals surface area contributed by atoms with Gasteiger partial charge in [-0.05, 0) is 36.8 Å². The molecule has 1 atom stereocenters. The van der Waals surface area contributed by atoms with Crippen LogP contribution in [0.4, 0.5) is 18.9 Å². The summed E-state index contributed by atoms with van der Waals surface area (Å²) in [6.07, 6.45) is -2.38. The van der Waals surface area contributed by atoms with Crippen molar-refractivity contribution in [3.63, 3.8) is 0 Å². The van der Waals surface area contributed by atoms with Crippen LogP contribution in [0, 0.1) is 6.92 Å². The second-order valence-electron chi connectivity index (χ2n) is 8.81. The van der Waals surface area contributed by atoms with E-state index in [1.165, 1.54) is 30.5 Å². The number of halogens is 5. The lowest BCUT2D eigenvalue weighted by Gasteiger charge is -2.17. The average Bonchev–Trinajstić information content (AvgIpc) is 3.51. The van der Waals surface area contributed by atoms with Gasteiger partial charge in [0.15, 0.2) is 12.4 Å². The van der Waals surface area contributed by atoms with Crippen LogP contribution >= 0.6 is 23.2 Å². The number of hydrogen-bond donors (Lipinski definition) is 2. The van der Waals surface area contributed by atoms with Gasteiger partial charge in [0, 0.05) is 17.3 Å². The first-order valence-electron chi connectivity index (χ1n) is 11.6. The molecule has 1 unspecified atom stereocenters. The van der Waals surface area contributed by atoms with Crippen LogP contribution in [0.1, 0.15) is 26.4 Å². The molecule has 2 N–H and O–H groups in total. The Morgan fingerprint density at radius 3 is 2.59 bits per heavy atom. The van der Waals surface area contributed by atoms with Gasteiger partial charge in [-0.3, -0.25) is 14.4 Å². The Labute approximate surface area is 241 Å². The molecule has 1 fully saturated rings. The number of amides is 2. The summed E-state index contributed by atoms with van der Waals surface area (Å²) < 4.78 is 68.0. The monoisotopic (exact) mass is 636 g/mol. The summed E-state index contributed by atoms with van der Waals surface area (Å²) in [5.74, 6) is -2.20. The highest BCUT2D eigenvalue weighted by Gasteiger charge is 2.33. The number of sulfonamides is 1. The maximum atomic E-state index is 13.5. The quantitative estimate of drug-likeness (QED) is 0.383. The molecule has 1 aliphatic heterocycles. The average molecular weight is 637 g/mol. The number of rotatable bonds is 8. The van der Waals surface area contributed by atoms with Gasteiger partial charge in [0.05, 0.1) is 41.7 Å². The van der Waals surface area contributed by atoms with Crippen LogP contribution < -0.4 is 15.4 Å². The van der Waals surface area contributed by atoms with Crippen LogP contribution in [0.25, 0.3) is 5.82 Å². The molecule has 1 aromatic carbocycles. The van der Waals surface area contributed by atoms with Gasteiger partial charge in [0.25, 0.3) is 11.8 Å². The second kappa shape index (κ2) is 11.8. The summed E-state index contributed by atoms with van der Waals surface area (Å²) in [5.41, 5.74) is 0.00781. The van der Waals surface area contributed by atoms with Gasteiger partial charge in [-0.1, -0.05) is 27.7 Å². The molecular formula is C23H21Cl2F3N6O6S. The fourth-order valence-corrected chi connectivity index (χ4v) is 4.93. The van der Waals surface area contributed by atoms with Crippen molar-refractivity contribution < 1.29 is 40.8 Å². The van der Waals surface area contributed by atoms with E-state index in [0.29, 0.717) is 5.56 Å². The SMILES string of the molecule is Cc1cc(Cl)cc(C(=O)NC2CON(S(C)(=O)=O)C2)c1NC(=O)c1cc(OCC(F)(F)F)nn1-c1ncccc1Cl. The summed E-state index contributed by atoms with van der Waals surface area (Å²) in [6.45, 7) is -0.363. The van der Waals surface area contributed by atoms with Crippen LogP contribution in [0.2, 0.25) is 10.0 Å². The van der Waals surface area contributed by atoms with Crippen molar-refractivity contribution in [2.45, 2.75) is 19.1 Å². The minimum atomic E-state index is -4.67. The minimum Gasteiger partial charge on any atom is -0.467 e. The number of benzene rings is 1. The predicted octanol–water partition coefficient (Wildman–Crippen LogP) is 3.38. The molecule has 18 heteroatoms. The third-order valence-corrected chi connectivity index (χ3v) is 7.03. The number of pyridine rings is 1. The van der Waals surface area contributed by atoms with E-state index in [-0.39, 0.29) is 46.0 Å². The van der Waals surface area contributed by atoms with Crippen molar-refractivity contribution in [1.29, 1.82) is 0 Å². The lowest BCUT2D eigenvalue weighted by Crippen LogP contribution is -2.39. The van der Waals surface area contributed by atoms with Gasteiger partial charge < -0.3 is 15.4 Å². The highest BCUT2D eigenvalue weighted by Crippen LogP contribution is 2.29. The standard InChI is InChI=1S/C23H21Cl2F3N6O6S/c1-12-6-13(24)7-15(21(35)30-14-9-33(40-10-14)41(2,37)38)19(12)31-22(36)17-8-18(39-11-23(26,27)28)32-34(17)20-16(25)4-3-5-29-20/h3-8,14H,9-11H2,1-2H3,(H,30,35)(H,31,36). The van der Waals surface area contributed by atoms with Crippen LogP contribution in [0.15, 0.2) is 36.5 Å². The zero-order valence-corrected chi connectivity index (χ0v) is 23.5. The molecule has 2 aromatic heterocycles. The van der Waals surface area contributed by atoms with Gasteiger partial charge in [0.2, 0.25) is 15.9 Å². The van der Waals surface area contributed by atoms with Crippen LogP contribution in [0.3, 0.4) is 0 Å². The number of alkyl halides is 3. The molecular weight excluding hydrogens is 616 g/mol. The Kier molecular flexibility index (Phi) is 8.79. The molecule has 0 spiro atoms. The summed E-state index contributed by atoms with van der Waals surface area (Å²) in [4.78, 5) is 35.8. The molecule has 0 bridgehead atoms. The third-order valence-electron chi connectivity index (χ3n) is 5.52. The number of carbonyl (C=O) groups is 2. The number of carbonyl (C=O) groups excluding carboxylic acids is 2. The smallest absolute Gasteiger partial charge is 0.422 e. The van der Waals surface area contributed by atoms with Crippen molar-refractivity contribution in [3.05, 3.63) is 63.4 Å². The van der Waals surface area contributed by atoms with Crippen LogP contribution in [-0.2, 0) is 14.9 Å². The van der Waals surface area contributed by atoms with Crippen molar-refractivity contribution in [2.75, 3.05) is 31.3 Å². The van der Waals surface area contributed by atoms with Gasteiger partial charge >= 0.3 is 6.18 Å². The molecule has 0 radical (unpaired) electrons. The normalized spacial score (nSPS) is 16.0. The number of aromatic nitrogens is 3. The molecule has 220 valence electrons. The minimum absolute atomic E-state index is 0.0217. The molecule has 0 aliphatic carbocycles. The van der Waals surface area contributed by atoms with Gasteiger partial charge in [-0.25, -0.2) is 18.1 Å². The Balaban J connectivity index is 1.65. The summed E-state index contributed by atoms with van der Waals surface area (Å²) in [7, 11) is -3.66. The van der Waals surface area contributed by atoms with Crippen molar-refractivity contribution in [1.82, 2.24) is 24.5 Å². The first-order valence-corrected chi connectivity index (χ1v) is 14.2. The second-order valence-corrected chi connectivity index (χ2v) is 11.5. The fraction of sp³-hybridized carbons (Fsp3) is 0.304. The number of anilines is 1. The van der Waals surface area contributed by atoms with E-state index in [1.54, 1.807) is 6.92 Å². The highest BCUT2D eigenvalue weighted by molar-refractivity contribution is 7.88. The van der Waals surface area contributed by atoms with Gasteiger partial charge in [-0.15, -0.1) is 5.10 Å². The summed E-state index contributed by atoms with van der Waals surface area (Å²) in [6, 6.07) is 5.96. The van der Waals surface area contributed by atoms with E-state index in [9.17, 15) is 31.2 Å².